The first-order valence-electron chi connectivity index (χ1n) is 4.07. The van der Waals surface area contributed by atoms with Crippen LogP contribution in [-0.4, -0.2) is 24.4 Å². The van der Waals surface area contributed by atoms with Gasteiger partial charge in [0.05, 0.1) is 13.7 Å². The summed E-state index contributed by atoms with van der Waals surface area (Å²) in [5.74, 6) is -1.81. The van der Waals surface area contributed by atoms with E-state index in [-0.39, 0.29) is 22.9 Å². The van der Waals surface area contributed by atoms with Gasteiger partial charge in [0, 0.05) is 18.7 Å². The Bertz CT molecular complexity index is 372. The number of hydrogen-bond donors (Lipinski definition) is 1. The molecule has 0 atom stereocenters. The Morgan fingerprint density at radius 1 is 1.53 bits per heavy atom. The van der Waals surface area contributed by atoms with Crippen molar-refractivity contribution in [3.63, 3.8) is 0 Å². The lowest BCUT2D eigenvalue weighted by Crippen LogP contribution is -2.14. The van der Waals surface area contributed by atoms with E-state index in [2.05, 4.69) is 4.74 Å². The van der Waals surface area contributed by atoms with Crippen molar-refractivity contribution in [3.05, 3.63) is 28.3 Å². The minimum atomic E-state index is -0.922. The summed E-state index contributed by atoms with van der Waals surface area (Å²) >= 11 is 5.59. The van der Waals surface area contributed by atoms with Crippen LogP contribution >= 0.6 is 11.6 Å². The SMILES string of the molecule is COc1cc(F)c(CN(C)O)c(F)c1Cl. The number of hydrogen-bond acceptors (Lipinski definition) is 3. The summed E-state index contributed by atoms with van der Waals surface area (Å²) in [6.45, 7) is -0.290. The van der Waals surface area contributed by atoms with Crippen LogP contribution in [0.3, 0.4) is 0 Å². The van der Waals surface area contributed by atoms with Gasteiger partial charge < -0.3 is 9.94 Å². The molecular formula is C9H10ClF2NO2. The topological polar surface area (TPSA) is 32.7 Å². The minimum absolute atomic E-state index is 0.0731. The molecule has 0 spiro atoms. The zero-order chi connectivity index (χ0) is 11.6. The van der Waals surface area contributed by atoms with Gasteiger partial charge in [-0.05, 0) is 0 Å². The standard InChI is InChI=1S/C9H10ClF2NO2/c1-13(14)4-5-6(11)3-7(15-2)8(10)9(5)12/h3,14H,4H2,1-2H3. The molecule has 0 fully saturated rings. The minimum Gasteiger partial charge on any atom is -0.495 e. The molecular weight excluding hydrogens is 228 g/mol. The molecule has 84 valence electrons. The molecule has 15 heavy (non-hydrogen) atoms. The van der Waals surface area contributed by atoms with Gasteiger partial charge in [0.25, 0.3) is 0 Å². The highest BCUT2D eigenvalue weighted by atomic mass is 35.5. The molecule has 3 nitrogen and oxygen atoms in total. The fraction of sp³-hybridized carbons (Fsp3) is 0.333. The number of methoxy groups -OCH3 is 1. The third kappa shape index (κ3) is 2.56. The Labute approximate surface area is 90.8 Å². The van der Waals surface area contributed by atoms with Gasteiger partial charge in [0.2, 0.25) is 0 Å². The molecule has 0 heterocycles. The maximum atomic E-state index is 13.5. The van der Waals surface area contributed by atoms with Crippen molar-refractivity contribution in [1.29, 1.82) is 0 Å². The molecule has 0 bridgehead atoms. The molecule has 0 aliphatic carbocycles. The van der Waals surface area contributed by atoms with E-state index in [0.29, 0.717) is 5.06 Å². The van der Waals surface area contributed by atoms with Gasteiger partial charge in [-0.3, -0.25) is 0 Å². The Balaban J connectivity index is 3.23. The first kappa shape index (κ1) is 12.2. The molecule has 1 N–H and O–H groups in total. The smallest absolute Gasteiger partial charge is 0.153 e. The normalized spacial score (nSPS) is 10.9. The van der Waals surface area contributed by atoms with Gasteiger partial charge >= 0.3 is 0 Å². The van der Waals surface area contributed by atoms with Gasteiger partial charge in [-0.2, -0.15) is 5.06 Å². The molecule has 1 rings (SSSR count). The summed E-state index contributed by atoms with van der Waals surface area (Å²) in [6, 6.07) is 0.976. The second-order valence-corrected chi connectivity index (χ2v) is 3.36. The Kier molecular flexibility index (Phi) is 3.84. The lowest BCUT2D eigenvalue weighted by molar-refractivity contribution is -0.0746. The average Bonchev–Trinajstić information content (AvgIpc) is 2.18. The molecule has 0 saturated heterocycles. The summed E-state index contributed by atoms with van der Waals surface area (Å²) in [5.41, 5.74) is -0.300. The zero-order valence-electron chi connectivity index (χ0n) is 8.22. The summed E-state index contributed by atoms with van der Waals surface area (Å²) in [4.78, 5) is 0. The highest BCUT2D eigenvalue weighted by molar-refractivity contribution is 6.32. The van der Waals surface area contributed by atoms with Crippen molar-refractivity contribution in [2.45, 2.75) is 6.54 Å². The van der Waals surface area contributed by atoms with Crippen LogP contribution < -0.4 is 4.74 Å². The molecule has 1 aromatic carbocycles. The van der Waals surface area contributed by atoms with Gasteiger partial charge in [0.15, 0.2) is 5.82 Å². The van der Waals surface area contributed by atoms with E-state index >= 15 is 0 Å². The van der Waals surface area contributed by atoms with E-state index in [4.69, 9.17) is 16.8 Å². The van der Waals surface area contributed by atoms with E-state index in [9.17, 15) is 8.78 Å². The maximum Gasteiger partial charge on any atom is 0.153 e. The number of rotatable bonds is 3. The van der Waals surface area contributed by atoms with Crippen LogP contribution in [0, 0.1) is 11.6 Å². The summed E-state index contributed by atoms with van der Waals surface area (Å²) in [7, 11) is 2.54. The lowest BCUT2D eigenvalue weighted by Gasteiger charge is -2.12. The number of hydroxylamine groups is 2. The fourth-order valence-electron chi connectivity index (χ4n) is 1.13. The van der Waals surface area contributed by atoms with E-state index in [1.54, 1.807) is 0 Å². The fourth-order valence-corrected chi connectivity index (χ4v) is 1.38. The first-order chi connectivity index (χ1) is 6.97. The van der Waals surface area contributed by atoms with Crippen LogP contribution in [0.2, 0.25) is 5.02 Å². The molecule has 1 aromatic rings. The molecule has 0 aliphatic rings. The van der Waals surface area contributed by atoms with Crippen molar-refractivity contribution in [1.82, 2.24) is 5.06 Å². The van der Waals surface area contributed by atoms with E-state index in [1.807, 2.05) is 0 Å². The molecule has 0 amide bonds. The van der Waals surface area contributed by atoms with Crippen LogP contribution in [0.25, 0.3) is 0 Å². The lowest BCUT2D eigenvalue weighted by atomic mass is 10.2. The molecule has 0 aromatic heterocycles. The molecule has 0 radical (unpaired) electrons. The van der Waals surface area contributed by atoms with Crippen LogP contribution in [0.1, 0.15) is 5.56 Å². The second kappa shape index (κ2) is 4.74. The number of benzene rings is 1. The Morgan fingerprint density at radius 3 is 2.60 bits per heavy atom. The van der Waals surface area contributed by atoms with Crippen molar-refractivity contribution in [2.24, 2.45) is 0 Å². The summed E-state index contributed by atoms with van der Waals surface area (Å²) in [6.07, 6.45) is 0. The quantitative estimate of drug-likeness (QED) is 0.648. The third-order valence-corrected chi connectivity index (χ3v) is 2.18. The maximum absolute atomic E-state index is 13.5. The summed E-state index contributed by atoms with van der Waals surface area (Å²) in [5, 5.41) is 9.26. The van der Waals surface area contributed by atoms with Crippen LogP contribution in [0.4, 0.5) is 8.78 Å². The molecule has 6 heteroatoms. The van der Waals surface area contributed by atoms with Crippen molar-refractivity contribution >= 4 is 11.6 Å². The van der Waals surface area contributed by atoms with Gasteiger partial charge in [-0.15, -0.1) is 0 Å². The highest BCUT2D eigenvalue weighted by Crippen LogP contribution is 2.31. The number of nitrogens with zero attached hydrogens (tertiary/aromatic N) is 1. The third-order valence-electron chi connectivity index (χ3n) is 1.83. The van der Waals surface area contributed by atoms with Crippen molar-refractivity contribution < 1.29 is 18.7 Å². The van der Waals surface area contributed by atoms with Crippen LogP contribution in [-0.2, 0) is 6.54 Å². The van der Waals surface area contributed by atoms with E-state index in [0.717, 1.165) is 6.07 Å². The monoisotopic (exact) mass is 237 g/mol. The van der Waals surface area contributed by atoms with Gasteiger partial charge in [-0.1, -0.05) is 11.6 Å². The van der Waals surface area contributed by atoms with Crippen molar-refractivity contribution in [3.8, 4) is 5.75 Å². The molecule has 0 aliphatic heterocycles. The second-order valence-electron chi connectivity index (χ2n) is 2.98. The largest absolute Gasteiger partial charge is 0.495 e. The first-order valence-corrected chi connectivity index (χ1v) is 4.45. The predicted molar refractivity (Wildman–Crippen MR) is 51.2 cm³/mol. The number of ether oxygens (including phenoxy) is 1. The predicted octanol–water partition coefficient (Wildman–Crippen LogP) is 2.45. The van der Waals surface area contributed by atoms with E-state index in [1.165, 1.54) is 14.2 Å². The average molecular weight is 238 g/mol. The summed E-state index contributed by atoms with van der Waals surface area (Å²) < 4.78 is 31.5. The van der Waals surface area contributed by atoms with Crippen molar-refractivity contribution in [2.75, 3.05) is 14.2 Å². The zero-order valence-corrected chi connectivity index (χ0v) is 8.98. The molecule has 0 unspecified atom stereocenters. The number of halogens is 3. The van der Waals surface area contributed by atoms with Gasteiger partial charge in [0.1, 0.15) is 16.6 Å². The van der Waals surface area contributed by atoms with Crippen LogP contribution in [0.15, 0.2) is 6.07 Å². The van der Waals surface area contributed by atoms with Crippen LogP contribution in [0.5, 0.6) is 5.75 Å². The Hall–Kier alpha value is -0.910. The highest BCUT2D eigenvalue weighted by Gasteiger charge is 2.18. The van der Waals surface area contributed by atoms with Gasteiger partial charge in [-0.25, -0.2) is 8.78 Å². The van der Waals surface area contributed by atoms with E-state index < -0.39 is 11.6 Å². The molecule has 0 saturated carbocycles. The Morgan fingerprint density at radius 2 is 2.13 bits per heavy atom.